The van der Waals surface area contributed by atoms with Crippen LogP contribution in [0.5, 0.6) is 0 Å². The van der Waals surface area contributed by atoms with Crippen molar-refractivity contribution in [2.24, 2.45) is 5.40 Å². The third-order valence-corrected chi connectivity index (χ3v) is 2.30. The number of hydrogen-bond donors (Lipinski definition) is 1. The third-order valence-electron chi connectivity index (χ3n) is 0.894. The molecule has 50 valence electrons. The second-order valence-electron chi connectivity index (χ2n) is 1.70. The monoisotopic (exact) mass is 135 g/mol. The van der Waals surface area contributed by atoms with Crippen molar-refractivity contribution in [3.05, 3.63) is 0 Å². The molecule has 0 amide bonds. The molecule has 2 N–H and O–H groups in total. The Kier molecular flexibility index (Phi) is 4.07. The van der Waals surface area contributed by atoms with E-state index < -0.39 is 8.96 Å². The molecule has 0 bridgehead atoms. The van der Waals surface area contributed by atoms with Gasteiger partial charge in [-0.1, -0.05) is 6.55 Å². The summed E-state index contributed by atoms with van der Waals surface area (Å²) < 4.78 is 9.75. The van der Waals surface area contributed by atoms with Crippen molar-refractivity contribution >= 4 is 8.96 Å². The summed E-state index contributed by atoms with van der Waals surface area (Å²) in [7, 11) is 1.97. The molecule has 0 fully saturated rings. The number of ether oxygens (including phenoxy) is 2. The van der Waals surface area contributed by atoms with Crippen molar-refractivity contribution in [1.82, 2.24) is 0 Å². The van der Waals surface area contributed by atoms with Gasteiger partial charge < -0.3 is 14.9 Å². The number of nitrogens with two attached hydrogens (primary N) is 1. The van der Waals surface area contributed by atoms with Gasteiger partial charge in [0.1, 0.15) is 0 Å². The summed E-state index contributed by atoms with van der Waals surface area (Å²) >= 11 is 0. The normalized spacial score (nSPS) is 14.6. The molecule has 1 unspecified atom stereocenters. The Morgan fingerprint density at radius 3 is 1.75 bits per heavy atom. The second kappa shape index (κ2) is 4.02. The molecule has 0 saturated carbocycles. The molecule has 0 aliphatic rings. The summed E-state index contributed by atoms with van der Waals surface area (Å²) in [4.78, 5) is 0. The van der Waals surface area contributed by atoms with E-state index in [-0.39, 0.29) is 5.91 Å². The van der Waals surface area contributed by atoms with Crippen molar-refractivity contribution in [2.75, 3.05) is 14.2 Å². The van der Waals surface area contributed by atoms with Gasteiger partial charge in [0.05, 0.1) is 0 Å². The molecule has 0 spiro atoms. The third kappa shape index (κ3) is 2.42. The average molecular weight is 135 g/mol. The lowest BCUT2D eigenvalue weighted by Crippen LogP contribution is -2.39. The minimum absolute atomic E-state index is 0.130. The first kappa shape index (κ1) is 8.10. The number of rotatable bonds is 3. The summed E-state index contributed by atoms with van der Waals surface area (Å²) in [6.45, 7) is 1.97. The molecular weight excluding hydrogens is 122 g/mol. The van der Waals surface area contributed by atoms with Gasteiger partial charge in [-0.15, -0.1) is 0 Å². The van der Waals surface area contributed by atoms with Crippen LogP contribution in [0.25, 0.3) is 0 Å². The van der Waals surface area contributed by atoms with Crippen LogP contribution >= 0.6 is 0 Å². The fraction of sp³-hybridized carbons (Fsp3) is 1.00. The molecule has 4 heteroatoms. The van der Waals surface area contributed by atoms with Crippen molar-refractivity contribution in [2.45, 2.75) is 12.5 Å². The lowest BCUT2D eigenvalue weighted by molar-refractivity contribution is -0.0469. The molecule has 0 heterocycles. The molecule has 0 radical (unpaired) electrons. The van der Waals surface area contributed by atoms with Gasteiger partial charge in [0.2, 0.25) is 0 Å². The summed E-state index contributed by atoms with van der Waals surface area (Å²) in [5.41, 5.74) is 0. The largest absolute Gasteiger partial charge is 0.358 e. The second-order valence-corrected chi connectivity index (χ2v) is 3.96. The minimum Gasteiger partial charge on any atom is -0.358 e. The van der Waals surface area contributed by atoms with E-state index in [0.29, 0.717) is 0 Å². The fourth-order valence-corrected chi connectivity index (χ4v) is 1.38. The van der Waals surface area contributed by atoms with Gasteiger partial charge in [0.15, 0.2) is 14.9 Å². The summed E-state index contributed by atoms with van der Waals surface area (Å²) in [5.74, 6) is -0.130. The SMILES string of the molecule is COC(OC)[SiH](C)N. The van der Waals surface area contributed by atoms with Crippen molar-refractivity contribution < 1.29 is 9.47 Å². The van der Waals surface area contributed by atoms with E-state index in [1.165, 1.54) is 0 Å². The zero-order valence-corrected chi connectivity index (χ0v) is 6.70. The van der Waals surface area contributed by atoms with E-state index in [2.05, 4.69) is 0 Å². The predicted molar refractivity (Wildman–Crippen MR) is 35.0 cm³/mol. The van der Waals surface area contributed by atoms with Crippen LogP contribution in [0, 0.1) is 0 Å². The highest BCUT2D eigenvalue weighted by Crippen LogP contribution is 1.90. The lowest BCUT2D eigenvalue weighted by Gasteiger charge is -2.14. The standard InChI is InChI=1S/C4H13NO2Si/c1-6-4(7-2)8(3)5/h4,8H,5H2,1-3H3. The Bertz CT molecular complexity index is 56.0. The van der Waals surface area contributed by atoms with Gasteiger partial charge in [-0.3, -0.25) is 0 Å². The molecule has 1 atom stereocenters. The van der Waals surface area contributed by atoms with Crippen LogP contribution in [0.2, 0.25) is 6.55 Å². The Morgan fingerprint density at radius 2 is 1.75 bits per heavy atom. The van der Waals surface area contributed by atoms with Crippen LogP contribution in [-0.2, 0) is 9.47 Å². The summed E-state index contributed by atoms with van der Waals surface area (Å²) in [5, 5.41) is 5.55. The van der Waals surface area contributed by atoms with Gasteiger partial charge in [-0.25, -0.2) is 0 Å². The highest BCUT2D eigenvalue weighted by molar-refractivity contribution is 6.54. The first-order valence-corrected chi connectivity index (χ1v) is 5.02. The minimum atomic E-state index is -1.23. The quantitative estimate of drug-likeness (QED) is 0.417. The van der Waals surface area contributed by atoms with E-state index in [1.807, 2.05) is 6.55 Å². The van der Waals surface area contributed by atoms with Gasteiger partial charge in [-0.2, -0.15) is 0 Å². The highest BCUT2D eigenvalue weighted by Gasteiger charge is 2.11. The van der Waals surface area contributed by atoms with Crippen LogP contribution in [0.15, 0.2) is 0 Å². The van der Waals surface area contributed by atoms with E-state index in [0.717, 1.165) is 0 Å². The van der Waals surface area contributed by atoms with Gasteiger partial charge in [0, 0.05) is 14.2 Å². The molecule has 3 nitrogen and oxygen atoms in total. The fourth-order valence-electron chi connectivity index (χ4n) is 0.526. The topological polar surface area (TPSA) is 44.5 Å². The zero-order valence-electron chi connectivity index (χ0n) is 5.55. The van der Waals surface area contributed by atoms with Crippen LogP contribution < -0.4 is 5.40 Å². The Morgan fingerprint density at radius 1 is 1.38 bits per heavy atom. The first-order chi connectivity index (χ1) is 3.72. The van der Waals surface area contributed by atoms with Crippen LogP contribution in [0.4, 0.5) is 0 Å². The van der Waals surface area contributed by atoms with E-state index >= 15 is 0 Å². The van der Waals surface area contributed by atoms with Crippen LogP contribution in [0.3, 0.4) is 0 Å². The van der Waals surface area contributed by atoms with Crippen molar-refractivity contribution in [3.8, 4) is 0 Å². The van der Waals surface area contributed by atoms with Crippen molar-refractivity contribution in [1.29, 1.82) is 0 Å². The van der Waals surface area contributed by atoms with Gasteiger partial charge >= 0.3 is 0 Å². The molecular formula is C4H13NO2Si. The predicted octanol–water partition coefficient (Wildman–Crippen LogP) is -0.543. The summed E-state index contributed by atoms with van der Waals surface area (Å²) in [6.07, 6.45) is 0. The Hall–Kier alpha value is 0.0969. The van der Waals surface area contributed by atoms with Crippen molar-refractivity contribution in [3.63, 3.8) is 0 Å². The highest BCUT2D eigenvalue weighted by atomic mass is 28.3. The molecule has 0 saturated heterocycles. The van der Waals surface area contributed by atoms with Gasteiger partial charge in [-0.05, 0) is 0 Å². The number of methoxy groups -OCH3 is 2. The Balaban J connectivity index is 3.35. The maximum atomic E-state index is 5.55. The molecule has 0 rings (SSSR count). The average Bonchev–Trinajstić information content (AvgIpc) is 1.69. The molecule has 0 aromatic carbocycles. The zero-order chi connectivity index (χ0) is 6.57. The summed E-state index contributed by atoms with van der Waals surface area (Å²) in [6, 6.07) is 0. The smallest absolute Gasteiger partial charge is 0.169 e. The van der Waals surface area contributed by atoms with Crippen LogP contribution in [-0.4, -0.2) is 29.1 Å². The Labute approximate surface area is 51.5 Å². The molecule has 0 aliphatic heterocycles. The molecule has 0 aromatic heterocycles. The first-order valence-electron chi connectivity index (χ1n) is 2.53. The molecule has 0 aromatic rings. The molecule has 0 aliphatic carbocycles. The molecule has 8 heavy (non-hydrogen) atoms. The van der Waals surface area contributed by atoms with E-state index in [9.17, 15) is 0 Å². The van der Waals surface area contributed by atoms with E-state index in [1.54, 1.807) is 14.2 Å². The van der Waals surface area contributed by atoms with E-state index in [4.69, 9.17) is 14.9 Å². The lowest BCUT2D eigenvalue weighted by atomic mass is 11.3. The number of hydrogen-bond acceptors (Lipinski definition) is 3. The maximum absolute atomic E-state index is 5.55. The van der Waals surface area contributed by atoms with Crippen LogP contribution in [0.1, 0.15) is 0 Å². The maximum Gasteiger partial charge on any atom is 0.169 e. The van der Waals surface area contributed by atoms with Gasteiger partial charge in [0.25, 0.3) is 0 Å².